The first-order chi connectivity index (χ1) is 8.42. The second-order valence-corrected chi connectivity index (χ2v) is 5.09. The van der Waals surface area contributed by atoms with Gasteiger partial charge in [0.25, 0.3) is 0 Å². The second-order valence-electron chi connectivity index (χ2n) is 5.09. The van der Waals surface area contributed by atoms with Gasteiger partial charge in [-0.05, 0) is 39.0 Å². The van der Waals surface area contributed by atoms with Crippen LogP contribution in [0.1, 0.15) is 26.7 Å². The topological polar surface area (TPSA) is 47.3 Å². The van der Waals surface area contributed by atoms with Crippen LogP contribution in [0, 0.1) is 6.92 Å². The number of nitrogens with one attached hydrogen (secondary N) is 1. The van der Waals surface area contributed by atoms with Crippen molar-refractivity contribution in [1.82, 2.24) is 4.98 Å². The number of fused-ring (bicyclic) bond motifs is 1. The summed E-state index contributed by atoms with van der Waals surface area (Å²) in [5, 5.41) is 3.43. The van der Waals surface area contributed by atoms with Crippen LogP contribution in [0.5, 0.6) is 0 Å². The molecule has 2 rings (SSSR count). The lowest BCUT2D eigenvalue weighted by atomic mass is 10.00. The van der Waals surface area contributed by atoms with Crippen molar-refractivity contribution in [2.75, 3.05) is 12.4 Å². The van der Waals surface area contributed by atoms with Gasteiger partial charge in [-0.2, -0.15) is 0 Å². The van der Waals surface area contributed by atoms with Crippen molar-refractivity contribution in [3.63, 3.8) is 0 Å². The van der Waals surface area contributed by atoms with Gasteiger partial charge < -0.3 is 14.5 Å². The van der Waals surface area contributed by atoms with E-state index in [0.717, 1.165) is 16.8 Å². The van der Waals surface area contributed by atoms with E-state index in [1.54, 1.807) is 7.11 Å². The number of rotatable bonds is 4. The van der Waals surface area contributed by atoms with Crippen LogP contribution in [-0.4, -0.2) is 23.7 Å². The maximum atomic E-state index is 5.47. The lowest BCUT2D eigenvalue weighted by Gasteiger charge is -2.31. The molecule has 0 radical (unpaired) electrons. The summed E-state index contributed by atoms with van der Waals surface area (Å²) in [5.41, 5.74) is 2.49. The van der Waals surface area contributed by atoms with Crippen LogP contribution >= 0.6 is 0 Å². The Labute approximate surface area is 107 Å². The number of hydrogen-bond acceptors (Lipinski definition) is 4. The summed E-state index contributed by atoms with van der Waals surface area (Å²) in [4.78, 5) is 4.33. The highest BCUT2D eigenvalue weighted by molar-refractivity contribution is 5.77. The molecule has 4 heteroatoms. The van der Waals surface area contributed by atoms with E-state index >= 15 is 0 Å². The summed E-state index contributed by atoms with van der Waals surface area (Å²) in [6, 6.07) is 6.11. The van der Waals surface area contributed by atoms with Crippen LogP contribution in [-0.2, 0) is 4.74 Å². The first-order valence-corrected chi connectivity index (χ1v) is 6.11. The number of hydrogen-bond donors (Lipinski definition) is 1. The molecule has 2 aromatic rings. The number of ether oxygens (including phenoxy) is 1. The molecule has 0 amide bonds. The van der Waals surface area contributed by atoms with Crippen LogP contribution in [0.25, 0.3) is 11.1 Å². The fourth-order valence-corrected chi connectivity index (χ4v) is 1.73. The lowest BCUT2D eigenvalue weighted by molar-refractivity contribution is 0.0107. The largest absolute Gasteiger partial charge is 0.441 e. The molecule has 18 heavy (non-hydrogen) atoms. The molecule has 1 atom stereocenters. The summed E-state index contributed by atoms with van der Waals surface area (Å²) < 4.78 is 10.9. The Balaban J connectivity index is 2.21. The Morgan fingerprint density at radius 2 is 2.11 bits per heavy atom. The van der Waals surface area contributed by atoms with Crippen LogP contribution in [0.15, 0.2) is 22.6 Å². The van der Waals surface area contributed by atoms with Crippen molar-refractivity contribution in [3.8, 4) is 0 Å². The fraction of sp³-hybridized carbons (Fsp3) is 0.500. The number of methoxy groups -OCH3 is 1. The van der Waals surface area contributed by atoms with E-state index in [9.17, 15) is 0 Å². The molecular weight excluding hydrogens is 228 g/mol. The Bertz CT molecular complexity index is 546. The van der Waals surface area contributed by atoms with Crippen LogP contribution in [0.4, 0.5) is 5.69 Å². The van der Waals surface area contributed by atoms with Gasteiger partial charge in [-0.25, -0.2) is 4.98 Å². The number of oxazole rings is 1. The van der Waals surface area contributed by atoms with Crippen molar-refractivity contribution < 1.29 is 9.15 Å². The van der Waals surface area contributed by atoms with Gasteiger partial charge in [-0.3, -0.25) is 0 Å². The number of anilines is 1. The third-order valence-electron chi connectivity index (χ3n) is 3.45. The molecule has 0 fully saturated rings. The Kier molecular flexibility index (Phi) is 3.30. The van der Waals surface area contributed by atoms with E-state index in [-0.39, 0.29) is 11.6 Å². The van der Waals surface area contributed by atoms with Gasteiger partial charge in [0.1, 0.15) is 5.52 Å². The van der Waals surface area contributed by atoms with Gasteiger partial charge in [0.15, 0.2) is 11.5 Å². The number of nitrogens with zero attached hydrogens (tertiary/aromatic N) is 1. The molecular formula is C14H20N2O2. The highest BCUT2D eigenvalue weighted by atomic mass is 16.5. The zero-order valence-electron chi connectivity index (χ0n) is 11.6. The monoisotopic (exact) mass is 248 g/mol. The van der Waals surface area contributed by atoms with Gasteiger partial charge >= 0.3 is 0 Å². The summed E-state index contributed by atoms with van der Waals surface area (Å²) >= 11 is 0. The molecule has 1 aromatic carbocycles. The van der Waals surface area contributed by atoms with Gasteiger partial charge in [-0.15, -0.1) is 0 Å². The van der Waals surface area contributed by atoms with Crippen LogP contribution in [0.2, 0.25) is 0 Å². The number of aryl methyl sites for hydroxylation is 1. The van der Waals surface area contributed by atoms with E-state index in [0.29, 0.717) is 5.89 Å². The highest BCUT2D eigenvalue weighted by Crippen LogP contribution is 2.23. The van der Waals surface area contributed by atoms with Gasteiger partial charge in [0, 0.05) is 19.7 Å². The SMILES string of the molecule is COC(C)(C)C(C)Nc1ccc2oc(C)nc2c1. The maximum Gasteiger partial charge on any atom is 0.192 e. The van der Waals surface area contributed by atoms with Crippen LogP contribution < -0.4 is 5.32 Å². The minimum Gasteiger partial charge on any atom is -0.441 e. The average molecular weight is 248 g/mol. The van der Waals surface area contributed by atoms with Crippen LogP contribution in [0.3, 0.4) is 0 Å². The van der Waals surface area contributed by atoms with Gasteiger partial charge in [0.2, 0.25) is 0 Å². The van der Waals surface area contributed by atoms with Crippen molar-refractivity contribution >= 4 is 16.8 Å². The first kappa shape index (κ1) is 12.9. The number of aromatic nitrogens is 1. The third kappa shape index (κ3) is 2.48. The second kappa shape index (κ2) is 4.61. The van der Waals surface area contributed by atoms with Crippen molar-refractivity contribution in [1.29, 1.82) is 0 Å². The zero-order chi connectivity index (χ0) is 13.3. The van der Waals surface area contributed by atoms with Crippen molar-refractivity contribution in [3.05, 3.63) is 24.1 Å². The first-order valence-electron chi connectivity index (χ1n) is 6.11. The third-order valence-corrected chi connectivity index (χ3v) is 3.45. The Hall–Kier alpha value is -1.55. The lowest BCUT2D eigenvalue weighted by Crippen LogP contribution is -2.41. The summed E-state index contributed by atoms with van der Waals surface area (Å²) in [5.74, 6) is 0.687. The summed E-state index contributed by atoms with van der Waals surface area (Å²) in [6.07, 6.45) is 0. The standard InChI is InChI=1S/C14H20N2O2/c1-9(14(3,4)17-5)15-11-6-7-13-12(8-11)16-10(2)18-13/h6-9,15H,1-5H3. The summed E-state index contributed by atoms with van der Waals surface area (Å²) in [7, 11) is 1.72. The molecule has 1 aromatic heterocycles. The zero-order valence-corrected chi connectivity index (χ0v) is 11.6. The van der Waals surface area contributed by atoms with E-state index in [1.165, 1.54) is 0 Å². The van der Waals surface area contributed by atoms with Gasteiger partial charge in [-0.1, -0.05) is 0 Å². The molecule has 98 valence electrons. The molecule has 0 aliphatic carbocycles. The average Bonchev–Trinajstić information content (AvgIpc) is 2.68. The minimum absolute atomic E-state index is 0.188. The van der Waals surface area contributed by atoms with Gasteiger partial charge in [0.05, 0.1) is 11.6 Å². The molecule has 0 aliphatic heterocycles. The predicted octanol–water partition coefficient (Wildman–Crippen LogP) is 3.36. The molecule has 0 aliphatic rings. The molecule has 0 spiro atoms. The van der Waals surface area contributed by atoms with E-state index in [2.05, 4.69) is 31.1 Å². The van der Waals surface area contributed by atoms with Crippen molar-refractivity contribution in [2.45, 2.75) is 39.3 Å². The molecule has 1 unspecified atom stereocenters. The van der Waals surface area contributed by atoms with E-state index < -0.39 is 0 Å². The maximum absolute atomic E-state index is 5.47. The minimum atomic E-state index is -0.227. The van der Waals surface area contributed by atoms with E-state index in [1.807, 2.05) is 25.1 Å². The fourth-order valence-electron chi connectivity index (χ4n) is 1.73. The molecule has 4 nitrogen and oxygen atoms in total. The predicted molar refractivity (Wildman–Crippen MR) is 72.9 cm³/mol. The molecule has 0 saturated heterocycles. The van der Waals surface area contributed by atoms with E-state index in [4.69, 9.17) is 9.15 Å². The number of benzene rings is 1. The smallest absolute Gasteiger partial charge is 0.192 e. The molecule has 0 bridgehead atoms. The molecule has 1 N–H and O–H groups in total. The highest BCUT2D eigenvalue weighted by Gasteiger charge is 2.25. The normalized spacial score (nSPS) is 13.8. The molecule has 0 saturated carbocycles. The molecule has 1 heterocycles. The Morgan fingerprint density at radius 3 is 2.78 bits per heavy atom. The Morgan fingerprint density at radius 1 is 1.39 bits per heavy atom. The van der Waals surface area contributed by atoms with Crippen molar-refractivity contribution in [2.24, 2.45) is 0 Å². The quantitative estimate of drug-likeness (QED) is 0.901. The summed E-state index contributed by atoms with van der Waals surface area (Å²) in [6.45, 7) is 8.07.